The zero-order chi connectivity index (χ0) is 16.8. The van der Waals surface area contributed by atoms with E-state index >= 15 is 0 Å². The van der Waals surface area contributed by atoms with Crippen LogP contribution in [-0.4, -0.2) is 44.0 Å². The molecule has 132 valence electrons. The van der Waals surface area contributed by atoms with Crippen molar-refractivity contribution in [1.82, 2.24) is 5.32 Å². The Kier molecular flexibility index (Phi) is 6.10. The Balaban J connectivity index is 1.46. The number of hydrogen-bond acceptors (Lipinski definition) is 4. The van der Waals surface area contributed by atoms with Gasteiger partial charge in [0.25, 0.3) is 0 Å². The number of carbonyl (C=O) groups is 1. The third-order valence-electron chi connectivity index (χ3n) is 4.74. The van der Waals surface area contributed by atoms with Gasteiger partial charge >= 0.3 is 0 Å². The van der Waals surface area contributed by atoms with Crippen molar-refractivity contribution >= 4 is 5.91 Å². The minimum Gasteiger partial charge on any atom is -0.494 e. The van der Waals surface area contributed by atoms with E-state index in [0.29, 0.717) is 32.7 Å². The lowest BCUT2D eigenvalue weighted by Crippen LogP contribution is -2.49. The van der Waals surface area contributed by atoms with E-state index in [2.05, 4.69) is 5.32 Å². The van der Waals surface area contributed by atoms with Crippen molar-refractivity contribution in [2.45, 2.75) is 57.3 Å². The van der Waals surface area contributed by atoms with Crippen LogP contribution in [0.2, 0.25) is 0 Å². The minimum atomic E-state index is 0.0986. The van der Waals surface area contributed by atoms with E-state index in [1.807, 2.05) is 31.2 Å². The monoisotopic (exact) mass is 333 g/mol. The molecule has 1 heterocycles. The first-order valence-corrected chi connectivity index (χ1v) is 8.99. The van der Waals surface area contributed by atoms with Gasteiger partial charge in [-0.05, 0) is 44.2 Å². The number of aryl methyl sites for hydroxylation is 1. The van der Waals surface area contributed by atoms with E-state index in [1.165, 1.54) is 0 Å². The first-order chi connectivity index (χ1) is 11.8. The van der Waals surface area contributed by atoms with Crippen molar-refractivity contribution in [3.8, 4) is 5.75 Å². The van der Waals surface area contributed by atoms with Gasteiger partial charge in [0, 0.05) is 12.5 Å². The zero-order valence-corrected chi connectivity index (χ0v) is 14.3. The summed E-state index contributed by atoms with van der Waals surface area (Å²) in [5.41, 5.74) is 1.09. The average molecular weight is 333 g/mol. The molecular formula is C19H27NO4. The summed E-state index contributed by atoms with van der Waals surface area (Å²) in [6.07, 6.45) is 4.30. The summed E-state index contributed by atoms with van der Waals surface area (Å²) in [4.78, 5) is 12.3. The van der Waals surface area contributed by atoms with Crippen LogP contribution < -0.4 is 10.1 Å². The molecule has 1 saturated heterocycles. The zero-order valence-electron chi connectivity index (χ0n) is 14.3. The molecule has 3 rings (SSSR count). The normalized spacial score (nSPS) is 26.5. The van der Waals surface area contributed by atoms with Crippen LogP contribution in [0.5, 0.6) is 5.75 Å². The Bertz CT molecular complexity index is 548. The van der Waals surface area contributed by atoms with Gasteiger partial charge in [-0.1, -0.05) is 18.2 Å². The van der Waals surface area contributed by atoms with E-state index < -0.39 is 0 Å². The SMILES string of the molecule is CCOc1ccccc1CCC(=O)N[C@@H]1CC[C@@H]2OCCO[C@H]2C1. The fraction of sp³-hybridized carbons (Fsp3) is 0.632. The maximum atomic E-state index is 12.3. The van der Waals surface area contributed by atoms with Gasteiger partial charge in [-0.3, -0.25) is 4.79 Å². The van der Waals surface area contributed by atoms with Gasteiger partial charge < -0.3 is 19.5 Å². The molecule has 5 heteroatoms. The lowest BCUT2D eigenvalue weighted by Gasteiger charge is -2.39. The molecule has 24 heavy (non-hydrogen) atoms. The third-order valence-corrected chi connectivity index (χ3v) is 4.74. The molecule has 1 aliphatic carbocycles. The Morgan fingerprint density at radius 1 is 1.21 bits per heavy atom. The molecule has 2 fully saturated rings. The third kappa shape index (κ3) is 4.48. The molecule has 1 aromatic carbocycles. The number of benzene rings is 1. The smallest absolute Gasteiger partial charge is 0.220 e. The van der Waals surface area contributed by atoms with Gasteiger partial charge in [-0.2, -0.15) is 0 Å². The second-order valence-electron chi connectivity index (χ2n) is 6.44. The predicted octanol–water partition coefficient (Wildman–Crippen LogP) is 2.47. The molecule has 0 bridgehead atoms. The summed E-state index contributed by atoms with van der Waals surface area (Å²) >= 11 is 0. The minimum absolute atomic E-state index is 0.0986. The first kappa shape index (κ1) is 17.2. The van der Waals surface area contributed by atoms with Crippen molar-refractivity contribution < 1.29 is 19.0 Å². The van der Waals surface area contributed by atoms with Crippen LogP contribution in [0, 0.1) is 0 Å². The van der Waals surface area contributed by atoms with Crippen LogP contribution in [0.15, 0.2) is 24.3 Å². The molecule has 1 saturated carbocycles. The van der Waals surface area contributed by atoms with E-state index in [1.54, 1.807) is 0 Å². The number of ether oxygens (including phenoxy) is 3. The van der Waals surface area contributed by atoms with Crippen LogP contribution in [0.1, 0.15) is 38.2 Å². The van der Waals surface area contributed by atoms with Crippen molar-refractivity contribution in [3.05, 3.63) is 29.8 Å². The lowest BCUT2D eigenvalue weighted by atomic mass is 9.89. The van der Waals surface area contributed by atoms with E-state index in [4.69, 9.17) is 14.2 Å². The van der Waals surface area contributed by atoms with Crippen molar-refractivity contribution in [1.29, 1.82) is 0 Å². The highest BCUT2D eigenvalue weighted by Gasteiger charge is 2.34. The number of amides is 1. The summed E-state index contributed by atoms with van der Waals surface area (Å²) in [6, 6.07) is 8.12. The van der Waals surface area contributed by atoms with Gasteiger partial charge in [-0.15, -0.1) is 0 Å². The van der Waals surface area contributed by atoms with E-state index in [0.717, 1.165) is 30.6 Å². The molecule has 1 amide bonds. The molecule has 2 aliphatic rings. The maximum Gasteiger partial charge on any atom is 0.220 e. The highest BCUT2D eigenvalue weighted by Crippen LogP contribution is 2.27. The molecule has 1 aliphatic heterocycles. The molecule has 3 atom stereocenters. The summed E-state index contributed by atoms with van der Waals surface area (Å²) in [7, 11) is 0. The van der Waals surface area contributed by atoms with Crippen molar-refractivity contribution in [3.63, 3.8) is 0 Å². The van der Waals surface area contributed by atoms with E-state index in [9.17, 15) is 4.79 Å². The predicted molar refractivity (Wildman–Crippen MR) is 91.2 cm³/mol. The number of para-hydroxylation sites is 1. The average Bonchev–Trinajstić information content (AvgIpc) is 2.61. The van der Waals surface area contributed by atoms with Gasteiger partial charge in [-0.25, -0.2) is 0 Å². The number of rotatable bonds is 6. The van der Waals surface area contributed by atoms with Crippen molar-refractivity contribution in [2.24, 2.45) is 0 Å². The fourth-order valence-electron chi connectivity index (χ4n) is 3.55. The number of fused-ring (bicyclic) bond motifs is 1. The summed E-state index contributed by atoms with van der Waals surface area (Å²) in [6.45, 7) is 3.96. The first-order valence-electron chi connectivity index (χ1n) is 8.99. The van der Waals surface area contributed by atoms with E-state index in [-0.39, 0.29) is 24.2 Å². The maximum absolute atomic E-state index is 12.3. The molecule has 5 nitrogen and oxygen atoms in total. The molecule has 1 aromatic rings. The summed E-state index contributed by atoms with van der Waals surface area (Å²) in [5, 5.41) is 3.16. The van der Waals surface area contributed by atoms with Gasteiger partial charge in [0.2, 0.25) is 5.91 Å². The largest absolute Gasteiger partial charge is 0.494 e. The molecule has 0 unspecified atom stereocenters. The van der Waals surface area contributed by atoms with Gasteiger partial charge in [0.15, 0.2) is 0 Å². The molecule has 1 N–H and O–H groups in total. The number of nitrogens with one attached hydrogen (secondary N) is 1. The molecule has 0 radical (unpaired) electrons. The standard InChI is InChI=1S/C19H27NO4/c1-2-22-16-6-4-3-5-14(16)7-10-19(21)20-15-8-9-17-18(13-15)24-12-11-23-17/h3-6,15,17-18H,2,7-13H2,1H3,(H,20,21)/t15-,17+,18+/m1/s1. The van der Waals surface area contributed by atoms with Crippen LogP contribution in [0.4, 0.5) is 0 Å². The molecular weight excluding hydrogens is 306 g/mol. The highest BCUT2D eigenvalue weighted by molar-refractivity contribution is 5.76. The summed E-state index contributed by atoms with van der Waals surface area (Å²) < 4.78 is 17.1. The number of hydrogen-bond donors (Lipinski definition) is 1. The Morgan fingerprint density at radius 2 is 2.00 bits per heavy atom. The van der Waals surface area contributed by atoms with Gasteiger partial charge in [0.05, 0.1) is 32.0 Å². The summed E-state index contributed by atoms with van der Waals surface area (Å²) in [5.74, 6) is 0.975. The Morgan fingerprint density at radius 3 is 2.83 bits per heavy atom. The van der Waals surface area contributed by atoms with Crippen molar-refractivity contribution in [2.75, 3.05) is 19.8 Å². The number of carbonyl (C=O) groups excluding carboxylic acids is 1. The quantitative estimate of drug-likeness (QED) is 0.869. The van der Waals surface area contributed by atoms with Crippen LogP contribution in [-0.2, 0) is 20.7 Å². The van der Waals surface area contributed by atoms with Crippen LogP contribution >= 0.6 is 0 Å². The lowest BCUT2D eigenvalue weighted by molar-refractivity contribution is -0.158. The molecule has 0 aromatic heterocycles. The second kappa shape index (κ2) is 8.49. The Labute approximate surface area is 143 Å². The van der Waals surface area contributed by atoms with Crippen LogP contribution in [0.3, 0.4) is 0 Å². The molecule has 0 spiro atoms. The van der Waals surface area contributed by atoms with Gasteiger partial charge in [0.1, 0.15) is 5.75 Å². The topological polar surface area (TPSA) is 56.8 Å². The Hall–Kier alpha value is -1.59. The highest BCUT2D eigenvalue weighted by atomic mass is 16.6. The fourth-order valence-corrected chi connectivity index (χ4v) is 3.55. The second-order valence-corrected chi connectivity index (χ2v) is 6.44. The van der Waals surface area contributed by atoms with Crippen LogP contribution in [0.25, 0.3) is 0 Å².